The Morgan fingerprint density at radius 3 is 2.35 bits per heavy atom. The molecule has 43 heavy (non-hydrogen) atoms. The topological polar surface area (TPSA) is 94.7 Å². The molecule has 5 nitrogen and oxygen atoms in total. The third-order valence-corrected chi connectivity index (χ3v) is 13.1. The molecule has 1 heterocycles. The molecule has 0 amide bonds. The van der Waals surface area contributed by atoms with E-state index in [9.17, 15) is 20.1 Å². The maximum Gasteiger partial charge on any atom is 0.210 e. The molecule has 0 radical (unpaired) electrons. The molecule has 6 atom stereocenters. The van der Waals surface area contributed by atoms with Crippen molar-refractivity contribution in [1.29, 1.82) is 0 Å². The lowest BCUT2D eigenvalue weighted by molar-refractivity contribution is -0.344. The van der Waals surface area contributed by atoms with Gasteiger partial charge >= 0.3 is 0 Å². The van der Waals surface area contributed by atoms with E-state index in [-0.39, 0.29) is 33.2 Å². The molecule has 4 aliphatic rings. The molecule has 3 N–H and O–H groups in total. The minimum absolute atomic E-state index is 0.00161. The number of pyridine rings is 1. The Morgan fingerprint density at radius 2 is 1.63 bits per heavy atom. The average molecular weight is 582 g/mol. The fraction of sp³-hybridized carbons (Fsp3) is 0.526. The number of carbonyl (C=O) groups is 1. The number of phenolic OH excluding ortho intramolecular Hbond substituents is 2. The molecule has 3 aromatic rings. The predicted octanol–water partition coefficient (Wildman–Crippen LogP) is 6.96. The van der Waals surface area contributed by atoms with Crippen LogP contribution in [0.5, 0.6) is 11.5 Å². The predicted molar refractivity (Wildman–Crippen MR) is 167 cm³/mol. The summed E-state index contributed by atoms with van der Waals surface area (Å²) in [6.45, 7) is 13.4. The third kappa shape index (κ3) is 4.24. The summed E-state index contributed by atoms with van der Waals surface area (Å²) in [5.41, 5.74) is 4.95. The SMILES string of the molecule is Cc1c(O)c(O)cc2c1CC=C1[C@@]2(C)CC[C@@]2(C)[C@@H]3C[C@](C)(C(=O)[O-])CC[C@]3(C)CC[C@]12C.c1ccc2[nH+]cccc2c1. The first-order valence-corrected chi connectivity index (χ1v) is 16.0. The molecule has 4 aliphatic carbocycles. The number of aromatic nitrogens is 1. The van der Waals surface area contributed by atoms with Gasteiger partial charge in [-0.05, 0) is 115 Å². The summed E-state index contributed by atoms with van der Waals surface area (Å²) >= 11 is 0. The standard InChI is InChI=1S/C29H40O4.C9H7N/c1-17-18-7-8-21-27(4,19(18)15-20(30)23(17)31)12-14-29(6)22-16-26(3,24(32)33)10-9-25(22,2)11-13-28(21,29)5;1-2-6-9-8(4-1)5-3-7-10-9/h8,15,22,30-31H,7,9-14,16H2,1-6H3,(H,32,33);1-7H/t22-,25-,26-,27+,28-,29+;/m1./s1. The number of aromatic hydroxyl groups is 2. The number of rotatable bonds is 1. The Balaban J connectivity index is 0.000000277. The van der Waals surface area contributed by atoms with Gasteiger partial charge in [0.2, 0.25) is 5.52 Å². The van der Waals surface area contributed by atoms with Crippen LogP contribution in [0.2, 0.25) is 0 Å². The van der Waals surface area contributed by atoms with Crippen molar-refractivity contribution in [3.8, 4) is 11.5 Å². The molecule has 0 spiro atoms. The lowest BCUT2D eigenvalue weighted by Crippen LogP contribution is -2.63. The number of fused-ring (bicyclic) bond motifs is 8. The van der Waals surface area contributed by atoms with Gasteiger partial charge in [-0.25, -0.2) is 4.98 Å². The van der Waals surface area contributed by atoms with Crippen LogP contribution in [0, 0.1) is 34.5 Å². The van der Waals surface area contributed by atoms with Crippen molar-refractivity contribution < 1.29 is 25.1 Å². The highest BCUT2D eigenvalue weighted by Gasteiger charge is 2.66. The van der Waals surface area contributed by atoms with Crippen molar-refractivity contribution in [2.45, 2.75) is 98.3 Å². The zero-order chi connectivity index (χ0) is 31.0. The number of phenols is 2. The Morgan fingerprint density at radius 1 is 0.930 bits per heavy atom. The first kappa shape index (κ1) is 29.7. The number of carboxylic acid groups (broad SMARTS) is 1. The van der Waals surface area contributed by atoms with Crippen LogP contribution in [0.15, 0.2) is 60.3 Å². The van der Waals surface area contributed by atoms with Crippen LogP contribution < -0.4 is 10.1 Å². The maximum atomic E-state index is 12.1. The third-order valence-electron chi connectivity index (χ3n) is 13.1. The number of carbonyl (C=O) groups excluding carboxylic acids is 1. The van der Waals surface area contributed by atoms with Crippen LogP contribution >= 0.6 is 0 Å². The molecule has 3 fully saturated rings. The summed E-state index contributed by atoms with van der Waals surface area (Å²) < 4.78 is 0. The van der Waals surface area contributed by atoms with E-state index in [1.54, 1.807) is 6.07 Å². The molecule has 228 valence electrons. The molecule has 0 saturated heterocycles. The summed E-state index contributed by atoms with van der Waals surface area (Å²) in [6, 6.07) is 14.1. The van der Waals surface area contributed by atoms with Gasteiger partial charge in [0.1, 0.15) is 0 Å². The van der Waals surface area contributed by atoms with E-state index in [1.807, 2.05) is 38.2 Å². The minimum atomic E-state index is -0.891. The molecule has 3 saturated carbocycles. The van der Waals surface area contributed by atoms with E-state index < -0.39 is 11.4 Å². The first-order valence-electron chi connectivity index (χ1n) is 16.0. The van der Waals surface area contributed by atoms with Crippen molar-refractivity contribution in [1.82, 2.24) is 0 Å². The average Bonchev–Trinajstić information content (AvgIpc) is 2.99. The fourth-order valence-electron chi connectivity index (χ4n) is 9.95. The second kappa shape index (κ2) is 9.84. The highest BCUT2D eigenvalue weighted by Crippen LogP contribution is 2.74. The summed E-state index contributed by atoms with van der Waals surface area (Å²) in [5.74, 6) is -0.585. The quantitative estimate of drug-likeness (QED) is 0.240. The normalized spacial score (nSPS) is 36.1. The molecular formula is C38H47NO4. The zero-order valence-electron chi connectivity index (χ0n) is 26.6. The number of carboxylic acids is 1. The van der Waals surface area contributed by atoms with E-state index in [0.717, 1.165) is 55.2 Å². The van der Waals surface area contributed by atoms with Crippen LogP contribution in [-0.4, -0.2) is 16.2 Å². The van der Waals surface area contributed by atoms with Crippen molar-refractivity contribution >= 4 is 16.9 Å². The molecule has 5 heteroatoms. The molecule has 1 aromatic heterocycles. The van der Waals surface area contributed by atoms with E-state index in [4.69, 9.17) is 0 Å². The van der Waals surface area contributed by atoms with Crippen LogP contribution in [0.3, 0.4) is 0 Å². The van der Waals surface area contributed by atoms with Gasteiger partial charge in [-0.3, -0.25) is 0 Å². The lowest BCUT2D eigenvalue weighted by atomic mass is 9.34. The first-order chi connectivity index (χ1) is 20.2. The summed E-state index contributed by atoms with van der Waals surface area (Å²) in [4.78, 5) is 15.3. The summed E-state index contributed by atoms with van der Waals surface area (Å²) in [6.07, 6.45) is 11.7. The number of nitrogens with one attached hydrogen (secondary N) is 1. The largest absolute Gasteiger partial charge is 0.550 e. The van der Waals surface area contributed by atoms with Gasteiger partial charge in [-0.15, -0.1) is 0 Å². The number of para-hydroxylation sites is 1. The van der Waals surface area contributed by atoms with Gasteiger partial charge in [0.05, 0.1) is 0 Å². The van der Waals surface area contributed by atoms with Crippen molar-refractivity contribution in [3.63, 3.8) is 0 Å². The van der Waals surface area contributed by atoms with Gasteiger partial charge in [-0.1, -0.05) is 58.4 Å². The molecule has 7 rings (SSSR count). The lowest BCUT2D eigenvalue weighted by Gasteiger charge is -2.70. The van der Waals surface area contributed by atoms with Gasteiger partial charge in [0.15, 0.2) is 17.7 Å². The van der Waals surface area contributed by atoms with Crippen LogP contribution in [0.25, 0.3) is 10.9 Å². The van der Waals surface area contributed by atoms with Crippen LogP contribution in [0.4, 0.5) is 0 Å². The second-order valence-corrected chi connectivity index (χ2v) is 15.3. The Bertz CT molecular complexity index is 1580. The molecular weight excluding hydrogens is 534 g/mol. The van der Waals surface area contributed by atoms with Gasteiger partial charge in [0, 0.05) is 34.3 Å². The number of H-pyrrole nitrogens is 1. The van der Waals surface area contributed by atoms with E-state index >= 15 is 0 Å². The highest BCUT2D eigenvalue weighted by atomic mass is 16.4. The van der Waals surface area contributed by atoms with E-state index in [0.29, 0.717) is 18.8 Å². The monoisotopic (exact) mass is 581 g/mol. The van der Waals surface area contributed by atoms with Crippen LogP contribution in [0.1, 0.15) is 96.3 Å². The van der Waals surface area contributed by atoms with Crippen molar-refractivity contribution in [3.05, 3.63) is 77.0 Å². The molecule has 0 bridgehead atoms. The Labute approximate surface area is 256 Å². The number of allylic oxidation sites excluding steroid dienone is 2. The maximum absolute atomic E-state index is 12.1. The van der Waals surface area contributed by atoms with Crippen molar-refractivity contribution in [2.75, 3.05) is 0 Å². The van der Waals surface area contributed by atoms with Gasteiger partial charge in [-0.2, -0.15) is 0 Å². The summed E-state index contributed by atoms with van der Waals surface area (Å²) in [7, 11) is 0. The Kier molecular flexibility index (Phi) is 6.80. The second-order valence-electron chi connectivity index (χ2n) is 15.3. The van der Waals surface area contributed by atoms with Crippen LogP contribution in [-0.2, 0) is 16.6 Å². The Hall–Kier alpha value is -3.34. The van der Waals surface area contributed by atoms with E-state index in [1.165, 1.54) is 16.5 Å². The van der Waals surface area contributed by atoms with Gasteiger partial charge < -0.3 is 20.1 Å². The van der Waals surface area contributed by atoms with Crippen molar-refractivity contribution in [2.24, 2.45) is 27.6 Å². The number of hydrogen-bond acceptors (Lipinski definition) is 4. The molecule has 0 unspecified atom stereocenters. The number of aliphatic carboxylic acids is 1. The number of benzene rings is 2. The highest BCUT2D eigenvalue weighted by molar-refractivity contribution is 5.74. The molecule has 0 aliphatic heterocycles. The van der Waals surface area contributed by atoms with E-state index in [2.05, 4.69) is 57.0 Å². The minimum Gasteiger partial charge on any atom is -0.550 e. The fourth-order valence-corrected chi connectivity index (χ4v) is 9.95. The zero-order valence-corrected chi connectivity index (χ0v) is 26.6. The number of hydrogen-bond donors (Lipinski definition) is 2. The summed E-state index contributed by atoms with van der Waals surface area (Å²) in [5, 5.41) is 34.2. The smallest absolute Gasteiger partial charge is 0.210 e. The van der Waals surface area contributed by atoms with Gasteiger partial charge in [0.25, 0.3) is 0 Å². The molecule has 2 aromatic carbocycles. The number of aromatic amines is 1.